The number of nitrogens with one attached hydrogen (secondary N) is 1. The Morgan fingerprint density at radius 1 is 1.26 bits per heavy atom. The lowest BCUT2D eigenvalue weighted by atomic mass is 10.3. The van der Waals surface area contributed by atoms with Crippen molar-refractivity contribution in [2.45, 2.75) is 43.6 Å². The van der Waals surface area contributed by atoms with Crippen molar-refractivity contribution >= 4 is 23.5 Å². The van der Waals surface area contributed by atoms with Gasteiger partial charge in [0.05, 0.1) is 23.2 Å². The summed E-state index contributed by atoms with van der Waals surface area (Å²) < 4.78 is 3.33. The fourth-order valence-electron chi connectivity index (χ4n) is 2.39. The summed E-state index contributed by atoms with van der Waals surface area (Å²) in [5, 5.41) is 28.3. The van der Waals surface area contributed by atoms with Crippen LogP contribution in [0, 0.1) is 0 Å². The van der Waals surface area contributed by atoms with Gasteiger partial charge in [0.1, 0.15) is 11.6 Å². The molecule has 0 saturated carbocycles. The molecule has 0 aliphatic rings. The largest absolute Gasteiger partial charge is 0.508 e. The van der Waals surface area contributed by atoms with Crippen molar-refractivity contribution < 1.29 is 9.90 Å². The van der Waals surface area contributed by atoms with E-state index in [1.165, 1.54) is 16.4 Å². The molecule has 2 atom stereocenters. The van der Waals surface area contributed by atoms with E-state index in [-0.39, 0.29) is 17.7 Å². The molecule has 0 aliphatic carbocycles. The molecule has 0 unspecified atom stereocenters. The van der Waals surface area contributed by atoms with Gasteiger partial charge < -0.3 is 10.4 Å². The Hall–Kier alpha value is -2.88. The van der Waals surface area contributed by atoms with Gasteiger partial charge in [-0.25, -0.2) is 4.68 Å². The van der Waals surface area contributed by atoms with Gasteiger partial charge >= 0.3 is 0 Å². The van der Waals surface area contributed by atoms with E-state index in [1.54, 1.807) is 48.1 Å². The van der Waals surface area contributed by atoms with Crippen LogP contribution in [0.4, 0.5) is 5.82 Å². The maximum absolute atomic E-state index is 12.6. The number of rotatable bonds is 7. The number of aromatic hydroxyl groups is 1. The summed E-state index contributed by atoms with van der Waals surface area (Å²) in [5.74, 6) is 0.664. The highest BCUT2D eigenvalue weighted by Crippen LogP contribution is 2.25. The van der Waals surface area contributed by atoms with Crippen LogP contribution in [0.2, 0.25) is 0 Å². The molecule has 10 heteroatoms. The average molecular weight is 387 g/mol. The zero-order valence-electron chi connectivity index (χ0n) is 15.3. The highest BCUT2D eigenvalue weighted by atomic mass is 32.2. The first kappa shape index (κ1) is 18.9. The number of hydrogen-bond acceptors (Lipinski definition) is 7. The molecule has 0 saturated heterocycles. The van der Waals surface area contributed by atoms with E-state index in [4.69, 9.17) is 0 Å². The third-order valence-electron chi connectivity index (χ3n) is 4.12. The smallest absolute Gasteiger partial charge is 0.238 e. The molecule has 0 spiro atoms. The van der Waals surface area contributed by atoms with Crippen LogP contribution >= 0.6 is 11.8 Å². The minimum absolute atomic E-state index is 0.159. The number of aromatic nitrogens is 6. The summed E-state index contributed by atoms with van der Waals surface area (Å²) in [4.78, 5) is 12.6. The van der Waals surface area contributed by atoms with Crippen molar-refractivity contribution in [1.29, 1.82) is 0 Å². The number of phenolic OH excluding ortho intramolecular Hbond substituents is 1. The van der Waals surface area contributed by atoms with Crippen molar-refractivity contribution in [3.63, 3.8) is 0 Å². The molecule has 9 nitrogen and oxygen atoms in total. The molecular formula is C17H21N7O2S. The number of nitrogens with zero attached hydrogens (tertiary/aromatic N) is 6. The fraction of sp³-hybridized carbons (Fsp3) is 0.353. The third kappa shape index (κ3) is 4.27. The first-order valence-corrected chi connectivity index (χ1v) is 9.46. The number of tetrazole rings is 1. The van der Waals surface area contributed by atoms with Crippen LogP contribution in [0.1, 0.15) is 33.2 Å². The lowest BCUT2D eigenvalue weighted by molar-refractivity contribution is -0.115. The van der Waals surface area contributed by atoms with Crippen molar-refractivity contribution in [2.75, 3.05) is 5.32 Å². The van der Waals surface area contributed by atoms with Crippen LogP contribution in [-0.2, 0) is 4.79 Å². The Balaban J connectivity index is 1.70. The zero-order valence-corrected chi connectivity index (χ0v) is 16.1. The summed E-state index contributed by atoms with van der Waals surface area (Å²) >= 11 is 1.25. The Bertz CT molecular complexity index is 906. The van der Waals surface area contributed by atoms with Gasteiger partial charge in [-0.2, -0.15) is 9.78 Å². The Morgan fingerprint density at radius 3 is 2.70 bits per heavy atom. The molecule has 3 rings (SSSR count). The first-order chi connectivity index (χ1) is 13.0. The second-order valence-electron chi connectivity index (χ2n) is 6.06. The highest BCUT2D eigenvalue weighted by molar-refractivity contribution is 8.00. The van der Waals surface area contributed by atoms with Gasteiger partial charge in [-0.15, -0.1) is 5.10 Å². The molecule has 2 aromatic heterocycles. The van der Waals surface area contributed by atoms with E-state index in [0.29, 0.717) is 16.7 Å². The number of amides is 1. The number of thioether (sulfide) groups is 1. The Labute approximate surface area is 160 Å². The van der Waals surface area contributed by atoms with Crippen LogP contribution < -0.4 is 5.32 Å². The molecule has 0 aliphatic heterocycles. The van der Waals surface area contributed by atoms with E-state index in [0.717, 1.165) is 6.42 Å². The van der Waals surface area contributed by atoms with Gasteiger partial charge in [0.25, 0.3) is 0 Å². The minimum Gasteiger partial charge on any atom is -0.508 e. The van der Waals surface area contributed by atoms with Crippen LogP contribution in [-0.4, -0.2) is 46.3 Å². The molecule has 2 N–H and O–H groups in total. The minimum atomic E-state index is -0.424. The van der Waals surface area contributed by atoms with E-state index in [9.17, 15) is 9.90 Å². The number of carbonyl (C=O) groups excluding carboxylic acids is 1. The molecular weight excluding hydrogens is 366 g/mol. The third-order valence-corrected chi connectivity index (χ3v) is 5.15. The number of phenols is 1. The van der Waals surface area contributed by atoms with E-state index in [2.05, 4.69) is 32.9 Å². The zero-order chi connectivity index (χ0) is 19.4. The van der Waals surface area contributed by atoms with E-state index < -0.39 is 5.25 Å². The predicted octanol–water partition coefficient (Wildman–Crippen LogP) is 2.65. The summed E-state index contributed by atoms with van der Waals surface area (Å²) in [5.41, 5.74) is 0.697. The lowest BCUT2D eigenvalue weighted by Crippen LogP contribution is -2.25. The molecule has 3 aromatic rings. The normalized spacial score (nSPS) is 13.3. The summed E-state index contributed by atoms with van der Waals surface area (Å²) in [7, 11) is 0. The molecule has 142 valence electrons. The van der Waals surface area contributed by atoms with Crippen LogP contribution in [0.15, 0.2) is 41.7 Å². The number of benzene rings is 1. The SMILES string of the molecule is CC[C@H](C)n1nccc1NC(=O)[C@H](C)Sc1nnnn1-c1ccc(O)cc1. The second-order valence-corrected chi connectivity index (χ2v) is 7.37. The van der Waals surface area contributed by atoms with Crippen LogP contribution in [0.5, 0.6) is 5.75 Å². The van der Waals surface area contributed by atoms with Gasteiger partial charge in [0.15, 0.2) is 0 Å². The molecule has 0 bridgehead atoms. The van der Waals surface area contributed by atoms with Gasteiger partial charge in [-0.1, -0.05) is 18.7 Å². The summed E-state index contributed by atoms with van der Waals surface area (Å²) in [6.45, 7) is 5.91. The molecule has 0 fully saturated rings. The maximum atomic E-state index is 12.6. The van der Waals surface area contributed by atoms with E-state index >= 15 is 0 Å². The number of anilines is 1. The number of carbonyl (C=O) groups is 1. The standard InChI is InChI=1S/C17H21N7O2S/c1-4-11(2)23-15(9-10-18-23)19-16(26)12(3)27-17-20-21-22-24(17)13-5-7-14(25)8-6-13/h5-12,25H,4H2,1-3H3,(H,19,26)/t11-,12-/m0/s1. The predicted molar refractivity (Wildman–Crippen MR) is 102 cm³/mol. The highest BCUT2D eigenvalue weighted by Gasteiger charge is 2.21. The van der Waals surface area contributed by atoms with Gasteiger partial charge in [0, 0.05) is 6.07 Å². The van der Waals surface area contributed by atoms with Gasteiger partial charge in [-0.3, -0.25) is 4.79 Å². The van der Waals surface area contributed by atoms with Gasteiger partial charge in [-0.05, 0) is 55.0 Å². The van der Waals surface area contributed by atoms with Crippen molar-refractivity contribution in [3.8, 4) is 11.4 Å². The van der Waals surface area contributed by atoms with E-state index in [1.807, 2.05) is 6.92 Å². The summed E-state index contributed by atoms with van der Waals surface area (Å²) in [6.07, 6.45) is 2.58. The second kappa shape index (κ2) is 8.21. The summed E-state index contributed by atoms with van der Waals surface area (Å²) in [6, 6.07) is 8.48. The van der Waals surface area contributed by atoms with Crippen LogP contribution in [0.25, 0.3) is 5.69 Å². The van der Waals surface area contributed by atoms with Crippen molar-refractivity contribution in [3.05, 3.63) is 36.5 Å². The van der Waals surface area contributed by atoms with Crippen LogP contribution in [0.3, 0.4) is 0 Å². The maximum Gasteiger partial charge on any atom is 0.238 e. The topological polar surface area (TPSA) is 111 Å². The number of hydrogen-bond donors (Lipinski definition) is 2. The molecule has 27 heavy (non-hydrogen) atoms. The lowest BCUT2D eigenvalue weighted by Gasteiger charge is -2.16. The monoisotopic (exact) mass is 387 g/mol. The first-order valence-electron chi connectivity index (χ1n) is 8.58. The molecule has 0 radical (unpaired) electrons. The quantitative estimate of drug-likeness (QED) is 0.600. The molecule has 2 heterocycles. The van der Waals surface area contributed by atoms with Crippen molar-refractivity contribution in [2.24, 2.45) is 0 Å². The Kier molecular flexibility index (Phi) is 5.75. The average Bonchev–Trinajstić information content (AvgIpc) is 3.31. The molecule has 1 aromatic carbocycles. The fourth-order valence-corrected chi connectivity index (χ4v) is 3.19. The van der Waals surface area contributed by atoms with Gasteiger partial charge in [0.2, 0.25) is 11.1 Å². The Morgan fingerprint density at radius 2 is 2.00 bits per heavy atom. The van der Waals surface area contributed by atoms with Crippen molar-refractivity contribution in [1.82, 2.24) is 30.0 Å². The molecule has 1 amide bonds.